The average molecular weight is 243 g/mol. The molecule has 0 N–H and O–H groups in total. The maximum Gasteiger partial charge on any atom is 0.269 e. The van der Waals surface area contributed by atoms with E-state index in [9.17, 15) is 0 Å². The molecule has 0 bridgehead atoms. The van der Waals surface area contributed by atoms with Crippen molar-refractivity contribution in [2.75, 3.05) is 0 Å². The lowest BCUT2D eigenvalue weighted by molar-refractivity contribution is 0.521. The summed E-state index contributed by atoms with van der Waals surface area (Å²) in [5.41, 5.74) is 1.18. The molecule has 7 nitrogen and oxygen atoms in total. The molecule has 0 saturated heterocycles. The van der Waals surface area contributed by atoms with Crippen LogP contribution in [-0.2, 0) is 0 Å². The molecule has 7 heteroatoms. The minimum Gasteiger partial charge on any atom is -0.448 e. The van der Waals surface area contributed by atoms with Crippen molar-refractivity contribution in [1.29, 1.82) is 0 Å². The number of oxazole rings is 1. The summed E-state index contributed by atoms with van der Waals surface area (Å²) in [4.78, 5) is 12.2. The van der Waals surface area contributed by atoms with E-state index in [1.165, 1.54) is 6.26 Å². The van der Waals surface area contributed by atoms with E-state index < -0.39 is 0 Å². The van der Waals surface area contributed by atoms with E-state index in [0.717, 1.165) is 0 Å². The minimum absolute atomic E-state index is 0.308. The zero-order valence-electron chi connectivity index (χ0n) is 9.78. The van der Waals surface area contributed by atoms with Crippen molar-refractivity contribution in [3.63, 3.8) is 0 Å². The third-order valence-corrected chi connectivity index (χ3v) is 2.29. The molecule has 0 aliphatic heterocycles. The van der Waals surface area contributed by atoms with Crippen molar-refractivity contribution in [3.05, 3.63) is 30.4 Å². The number of nitrogens with zero attached hydrogens (tertiary/aromatic N) is 5. The molecule has 0 fully saturated rings. The first kappa shape index (κ1) is 10.6. The van der Waals surface area contributed by atoms with E-state index in [1.54, 1.807) is 26.2 Å². The van der Waals surface area contributed by atoms with E-state index in [2.05, 4.69) is 25.1 Å². The Kier molecular flexibility index (Phi) is 2.36. The summed E-state index contributed by atoms with van der Waals surface area (Å²) in [6, 6.07) is 0. The Hall–Kier alpha value is -2.57. The molecule has 3 aromatic rings. The fourth-order valence-corrected chi connectivity index (χ4v) is 1.41. The number of hydrogen-bond acceptors (Lipinski definition) is 7. The molecular formula is C11H9N5O2. The van der Waals surface area contributed by atoms with Gasteiger partial charge in [-0.3, -0.25) is 0 Å². The van der Waals surface area contributed by atoms with Crippen LogP contribution in [-0.4, -0.2) is 25.1 Å². The fraction of sp³-hybridized carbons (Fsp3) is 0.182. The van der Waals surface area contributed by atoms with Crippen molar-refractivity contribution < 1.29 is 8.83 Å². The summed E-state index contributed by atoms with van der Waals surface area (Å²) in [5.74, 6) is 1.89. The van der Waals surface area contributed by atoms with Gasteiger partial charge < -0.3 is 8.83 Å². The van der Waals surface area contributed by atoms with Gasteiger partial charge in [0.1, 0.15) is 12.1 Å². The molecule has 0 radical (unpaired) electrons. The van der Waals surface area contributed by atoms with Crippen LogP contribution in [0.25, 0.3) is 23.0 Å². The zero-order chi connectivity index (χ0) is 12.5. The zero-order valence-corrected chi connectivity index (χ0v) is 9.78. The highest BCUT2D eigenvalue weighted by atomic mass is 16.4. The predicted molar refractivity (Wildman–Crippen MR) is 60.3 cm³/mol. The molecule has 0 spiro atoms. The normalized spacial score (nSPS) is 10.8. The van der Waals surface area contributed by atoms with Crippen LogP contribution >= 0.6 is 0 Å². The van der Waals surface area contributed by atoms with Gasteiger partial charge in [0.15, 0.2) is 11.6 Å². The quantitative estimate of drug-likeness (QED) is 0.677. The predicted octanol–water partition coefficient (Wildman–Crippen LogP) is 1.80. The van der Waals surface area contributed by atoms with Gasteiger partial charge in [0, 0.05) is 19.3 Å². The highest BCUT2D eigenvalue weighted by molar-refractivity contribution is 5.52. The molecule has 0 aliphatic rings. The third kappa shape index (κ3) is 1.86. The van der Waals surface area contributed by atoms with Gasteiger partial charge >= 0.3 is 0 Å². The smallest absolute Gasteiger partial charge is 0.269 e. The topological polar surface area (TPSA) is 90.7 Å². The van der Waals surface area contributed by atoms with Crippen LogP contribution in [0.2, 0.25) is 0 Å². The SMILES string of the molecule is Cc1ncc(-c2nnc(-c3coc(C)n3)o2)cn1. The Morgan fingerprint density at radius 1 is 1.00 bits per heavy atom. The van der Waals surface area contributed by atoms with Gasteiger partial charge in [0.25, 0.3) is 11.8 Å². The maximum absolute atomic E-state index is 5.48. The molecule has 0 aromatic carbocycles. The van der Waals surface area contributed by atoms with Gasteiger partial charge in [-0.1, -0.05) is 0 Å². The molecule has 0 amide bonds. The van der Waals surface area contributed by atoms with Crippen LogP contribution in [0.5, 0.6) is 0 Å². The Labute approximate surface area is 102 Å². The molecular weight excluding hydrogens is 234 g/mol. The van der Waals surface area contributed by atoms with Crippen molar-refractivity contribution >= 4 is 0 Å². The highest BCUT2D eigenvalue weighted by Gasteiger charge is 2.13. The van der Waals surface area contributed by atoms with E-state index in [0.29, 0.717) is 34.8 Å². The summed E-state index contributed by atoms with van der Waals surface area (Å²) in [5, 5.41) is 7.83. The van der Waals surface area contributed by atoms with Gasteiger partial charge in [-0.15, -0.1) is 10.2 Å². The Morgan fingerprint density at radius 2 is 1.72 bits per heavy atom. The first-order valence-electron chi connectivity index (χ1n) is 5.27. The molecule has 3 aromatic heterocycles. The van der Waals surface area contributed by atoms with Crippen molar-refractivity contribution in [1.82, 2.24) is 25.1 Å². The Morgan fingerprint density at radius 3 is 2.39 bits per heavy atom. The molecule has 0 saturated carbocycles. The van der Waals surface area contributed by atoms with Crippen LogP contribution < -0.4 is 0 Å². The van der Waals surface area contributed by atoms with Crippen molar-refractivity contribution in [2.45, 2.75) is 13.8 Å². The summed E-state index contributed by atoms with van der Waals surface area (Å²) in [7, 11) is 0. The Bertz CT molecular complexity index is 671. The summed E-state index contributed by atoms with van der Waals surface area (Å²) < 4.78 is 10.6. The van der Waals surface area contributed by atoms with Crippen molar-refractivity contribution in [2.24, 2.45) is 0 Å². The molecule has 0 atom stereocenters. The van der Waals surface area contributed by atoms with Gasteiger partial charge in [-0.2, -0.15) is 0 Å². The largest absolute Gasteiger partial charge is 0.448 e. The number of aryl methyl sites for hydroxylation is 2. The van der Waals surface area contributed by atoms with Gasteiger partial charge in [0.05, 0.1) is 5.56 Å². The number of hydrogen-bond donors (Lipinski definition) is 0. The van der Waals surface area contributed by atoms with Crippen LogP contribution in [0.1, 0.15) is 11.7 Å². The molecule has 3 heterocycles. The fourth-order valence-electron chi connectivity index (χ4n) is 1.41. The van der Waals surface area contributed by atoms with Gasteiger partial charge in [-0.25, -0.2) is 15.0 Å². The molecule has 90 valence electrons. The van der Waals surface area contributed by atoms with Crippen LogP contribution in [0, 0.1) is 13.8 Å². The first-order valence-corrected chi connectivity index (χ1v) is 5.27. The molecule has 3 rings (SSSR count). The lowest BCUT2D eigenvalue weighted by Gasteiger charge is -1.93. The minimum atomic E-state index is 0.308. The molecule has 0 aliphatic carbocycles. The second-order valence-corrected chi connectivity index (χ2v) is 3.68. The monoisotopic (exact) mass is 243 g/mol. The van der Waals surface area contributed by atoms with Crippen LogP contribution in [0.15, 0.2) is 27.5 Å². The average Bonchev–Trinajstić information content (AvgIpc) is 2.98. The van der Waals surface area contributed by atoms with Crippen LogP contribution in [0.3, 0.4) is 0 Å². The summed E-state index contributed by atoms with van der Waals surface area (Å²) >= 11 is 0. The second-order valence-electron chi connectivity index (χ2n) is 3.68. The number of aromatic nitrogens is 5. The lowest BCUT2D eigenvalue weighted by Crippen LogP contribution is -1.87. The summed E-state index contributed by atoms with van der Waals surface area (Å²) in [6.45, 7) is 3.55. The first-order chi connectivity index (χ1) is 8.72. The van der Waals surface area contributed by atoms with E-state index in [-0.39, 0.29) is 0 Å². The maximum atomic E-state index is 5.48. The standard InChI is InChI=1S/C11H9N5O2/c1-6-12-3-8(4-13-6)10-15-16-11(18-10)9-5-17-7(2)14-9/h3-5H,1-2H3. The van der Waals surface area contributed by atoms with Crippen LogP contribution in [0.4, 0.5) is 0 Å². The van der Waals surface area contributed by atoms with E-state index in [1.807, 2.05) is 0 Å². The molecule has 18 heavy (non-hydrogen) atoms. The Balaban J connectivity index is 1.96. The van der Waals surface area contributed by atoms with E-state index in [4.69, 9.17) is 8.83 Å². The van der Waals surface area contributed by atoms with Gasteiger partial charge in [0.2, 0.25) is 0 Å². The van der Waals surface area contributed by atoms with E-state index >= 15 is 0 Å². The second kappa shape index (κ2) is 4.02. The van der Waals surface area contributed by atoms with Crippen molar-refractivity contribution in [3.8, 4) is 23.0 Å². The highest BCUT2D eigenvalue weighted by Crippen LogP contribution is 2.22. The van der Waals surface area contributed by atoms with Gasteiger partial charge in [-0.05, 0) is 6.92 Å². The summed E-state index contributed by atoms with van der Waals surface area (Å²) in [6.07, 6.45) is 4.74. The molecule has 0 unspecified atom stereocenters. The number of rotatable bonds is 2. The third-order valence-electron chi connectivity index (χ3n) is 2.29. The lowest BCUT2D eigenvalue weighted by atomic mass is 10.3.